The van der Waals surface area contributed by atoms with Gasteiger partial charge in [-0.3, -0.25) is 9.59 Å². The molecule has 0 rings (SSSR count). The number of carbonyl (C=O) groups is 2. The summed E-state index contributed by atoms with van der Waals surface area (Å²) in [5, 5.41) is 25.6. The fraction of sp³-hybridized carbons (Fsp3) is 0.750. The highest BCUT2D eigenvalue weighted by molar-refractivity contribution is 5.67. The van der Waals surface area contributed by atoms with E-state index in [1.54, 1.807) is 0 Å². The van der Waals surface area contributed by atoms with E-state index in [2.05, 4.69) is 0 Å². The molecule has 0 aromatic carbocycles. The van der Waals surface area contributed by atoms with Gasteiger partial charge in [0, 0.05) is 6.42 Å². The Bertz CT molecular complexity index is 177. The molecule has 0 aliphatic carbocycles. The number of carboxylic acids is 2. The third-order valence-electron chi connectivity index (χ3n) is 1.59. The van der Waals surface area contributed by atoms with Crippen LogP contribution in [0.2, 0.25) is 0 Å². The van der Waals surface area contributed by atoms with E-state index < -0.39 is 18.0 Å². The Kier molecular flexibility index (Phi) is 5.88. The lowest BCUT2D eigenvalue weighted by atomic mass is 10.1. The van der Waals surface area contributed by atoms with Gasteiger partial charge < -0.3 is 15.3 Å². The molecule has 5 heteroatoms. The van der Waals surface area contributed by atoms with Crippen molar-refractivity contribution >= 4 is 11.9 Å². The second-order valence-corrected chi connectivity index (χ2v) is 2.89. The van der Waals surface area contributed by atoms with E-state index in [4.69, 9.17) is 15.3 Å². The fourth-order valence-corrected chi connectivity index (χ4v) is 0.960. The molecular weight excluding hydrogens is 176 g/mol. The van der Waals surface area contributed by atoms with Crippen LogP contribution in [0.5, 0.6) is 0 Å². The number of hydrogen-bond acceptors (Lipinski definition) is 3. The minimum Gasteiger partial charge on any atom is -0.481 e. The predicted molar refractivity (Wildman–Crippen MR) is 44.4 cm³/mol. The number of aliphatic hydroxyl groups excluding tert-OH is 1. The van der Waals surface area contributed by atoms with Crippen molar-refractivity contribution in [3.8, 4) is 0 Å². The highest BCUT2D eigenvalue weighted by Crippen LogP contribution is 2.06. The zero-order chi connectivity index (χ0) is 10.3. The summed E-state index contributed by atoms with van der Waals surface area (Å²) in [7, 11) is 0. The first-order chi connectivity index (χ1) is 6.02. The monoisotopic (exact) mass is 190 g/mol. The van der Waals surface area contributed by atoms with Crippen molar-refractivity contribution in [1.29, 1.82) is 0 Å². The zero-order valence-corrected chi connectivity index (χ0v) is 7.27. The summed E-state index contributed by atoms with van der Waals surface area (Å²) < 4.78 is 0. The van der Waals surface area contributed by atoms with Crippen molar-refractivity contribution in [2.24, 2.45) is 0 Å². The van der Waals surface area contributed by atoms with Gasteiger partial charge in [0.15, 0.2) is 0 Å². The van der Waals surface area contributed by atoms with Crippen LogP contribution in [0.1, 0.15) is 32.1 Å². The van der Waals surface area contributed by atoms with Gasteiger partial charge in [0.05, 0.1) is 12.5 Å². The Morgan fingerprint density at radius 1 is 1.08 bits per heavy atom. The molecule has 0 aliphatic heterocycles. The summed E-state index contributed by atoms with van der Waals surface area (Å²) in [6, 6.07) is 0. The van der Waals surface area contributed by atoms with Crippen molar-refractivity contribution in [2.75, 3.05) is 0 Å². The molecule has 0 saturated heterocycles. The third kappa shape index (κ3) is 8.81. The van der Waals surface area contributed by atoms with Crippen LogP contribution in [0.15, 0.2) is 0 Å². The molecular formula is C8H14O5. The number of hydrogen-bond donors (Lipinski definition) is 3. The minimum atomic E-state index is -1.04. The van der Waals surface area contributed by atoms with Crippen LogP contribution in [0, 0.1) is 0 Å². The Morgan fingerprint density at radius 3 is 2.15 bits per heavy atom. The van der Waals surface area contributed by atoms with Gasteiger partial charge >= 0.3 is 11.9 Å². The summed E-state index contributed by atoms with van der Waals surface area (Å²) in [5.74, 6) is -1.90. The van der Waals surface area contributed by atoms with E-state index in [0.717, 1.165) is 0 Å². The minimum absolute atomic E-state index is 0.0692. The largest absolute Gasteiger partial charge is 0.481 e. The zero-order valence-electron chi connectivity index (χ0n) is 7.27. The topological polar surface area (TPSA) is 94.8 Å². The lowest BCUT2D eigenvalue weighted by Gasteiger charge is -2.05. The van der Waals surface area contributed by atoms with Crippen LogP contribution in [0.25, 0.3) is 0 Å². The summed E-state index contributed by atoms with van der Waals surface area (Å²) in [4.78, 5) is 20.2. The molecule has 0 heterocycles. The van der Waals surface area contributed by atoms with Crippen molar-refractivity contribution in [3.63, 3.8) is 0 Å². The molecule has 0 aliphatic rings. The number of unbranched alkanes of at least 4 members (excludes halogenated alkanes) is 1. The normalized spacial score (nSPS) is 12.4. The molecule has 1 atom stereocenters. The first-order valence-electron chi connectivity index (χ1n) is 4.14. The Hall–Kier alpha value is -1.10. The number of rotatable bonds is 7. The maximum atomic E-state index is 10.1. The molecule has 0 aromatic rings. The molecule has 5 nitrogen and oxygen atoms in total. The summed E-state index contributed by atoms with van der Waals surface area (Å²) in [6.45, 7) is 0. The first-order valence-corrected chi connectivity index (χ1v) is 4.14. The van der Waals surface area contributed by atoms with E-state index in [-0.39, 0.29) is 12.8 Å². The lowest BCUT2D eigenvalue weighted by molar-refractivity contribution is -0.140. The van der Waals surface area contributed by atoms with E-state index in [0.29, 0.717) is 19.3 Å². The third-order valence-corrected chi connectivity index (χ3v) is 1.59. The molecule has 0 spiro atoms. The number of aliphatic carboxylic acids is 2. The summed E-state index contributed by atoms with van der Waals surface area (Å²) >= 11 is 0. The molecule has 0 radical (unpaired) electrons. The highest BCUT2D eigenvalue weighted by Gasteiger charge is 2.08. The second-order valence-electron chi connectivity index (χ2n) is 2.89. The van der Waals surface area contributed by atoms with Gasteiger partial charge in [-0.05, 0) is 12.8 Å². The van der Waals surface area contributed by atoms with Gasteiger partial charge in [-0.2, -0.15) is 0 Å². The van der Waals surface area contributed by atoms with Crippen LogP contribution in [-0.4, -0.2) is 33.4 Å². The first kappa shape index (κ1) is 11.9. The molecule has 0 bridgehead atoms. The van der Waals surface area contributed by atoms with E-state index in [9.17, 15) is 9.59 Å². The Balaban J connectivity index is 3.31. The Labute approximate surface area is 76.0 Å². The maximum absolute atomic E-state index is 10.1. The molecule has 1 unspecified atom stereocenters. The van der Waals surface area contributed by atoms with Crippen molar-refractivity contribution in [2.45, 2.75) is 38.2 Å². The van der Waals surface area contributed by atoms with Crippen molar-refractivity contribution in [1.82, 2.24) is 0 Å². The summed E-state index contributed by atoms with van der Waals surface area (Å²) in [6.07, 6.45) is 0.311. The van der Waals surface area contributed by atoms with Crippen molar-refractivity contribution < 1.29 is 24.9 Å². The van der Waals surface area contributed by atoms with Gasteiger partial charge in [0.2, 0.25) is 0 Å². The van der Waals surface area contributed by atoms with Gasteiger partial charge in [0.25, 0.3) is 0 Å². The molecule has 0 saturated carbocycles. The van der Waals surface area contributed by atoms with E-state index in [1.165, 1.54) is 0 Å². The molecule has 0 aromatic heterocycles. The van der Waals surface area contributed by atoms with Crippen molar-refractivity contribution in [3.05, 3.63) is 0 Å². The van der Waals surface area contributed by atoms with Crippen LogP contribution >= 0.6 is 0 Å². The van der Waals surface area contributed by atoms with Gasteiger partial charge in [0.1, 0.15) is 0 Å². The fourth-order valence-electron chi connectivity index (χ4n) is 0.960. The van der Waals surface area contributed by atoms with Crippen LogP contribution in [-0.2, 0) is 9.59 Å². The summed E-state index contributed by atoms with van der Waals surface area (Å²) in [5.41, 5.74) is 0. The standard InChI is InChI=1S/C8H14O5/c9-6(5-8(12)13)3-1-2-4-7(10)11/h6,9H,1-5H2,(H,10,11)(H,12,13). The molecule has 0 amide bonds. The van der Waals surface area contributed by atoms with Crippen LogP contribution < -0.4 is 0 Å². The van der Waals surface area contributed by atoms with Gasteiger partial charge in [-0.25, -0.2) is 0 Å². The predicted octanol–water partition coefficient (Wildman–Crippen LogP) is 0.467. The molecule has 3 N–H and O–H groups in total. The van der Waals surface area contributed by atoms with Crippen LogP contribution in [0.4, 0.5) is 0 Å². The van der Waals surface area contributed by atoms with Gasteiger partial charge in [-0.1, -0.05) is 6.42 Å². The maximum Gasteiger partial charge on any atom is 0.305 e. The average molecular weight is 190 g/mol. The smallest absolute Gasteiger partial charge is 0.305 e. The van der Waals surface area contributed by atoms with E-state index in [1.807, 2.05) is 0 Å². The molecule has 76 valence electrons. The Morgan fingerprint density at radius 2 is 1.69 bits per heavy atom. The molecule has 13 heavy (non-hydrogen) atoms. The number of carboxylic acid groups (broad SMARTS) is 2. The van der Waals surface area contributed by atoms with E-state index >= 15 is 0 Å². The quantitative estimate of drug-likeness (QED) is 0.507. The highest BCUT2D eigenvalue weighted by atomic mass is 16.4. The van der Waals surface area contributed by atoms with Crippen LogP contribution in [0.3, 0.4) is 0 Å². The SMILES string of the molecule is O=C(O)CCCCC(O)CC(=O)O. The average Bonchev–Trinajstić information content (AvgIpc) is 1.96. The molecule has 0 fully saturated rings. The van der Waals surface area contributed by atoms with Gasteiger partial charge in [-0.15, -0.1) is 0 Å². The second kappa shape index (κ2) is 6.42. The number of aliphatic hydroxyl groups is 1. The lowest BCUT2D eigenvalue weighted by Crippen LogP contribution is -2.12.